The molecule has 5 heteroatoms. The van der Waals surface area contributed by atoms with Gasteiger partial charge >= 0.3 is 0 Å². The fourth-order valence-corrected chi connectivity index (χ4v) is 2.19. The first-order valence-electron chi connectivity index (χ1n) is 6.66. The van der Waals surface area contributed by atoms with E-state index in [0.717, 1.165) is 22.4 Å². The first kappa shape index (κ1) is 15.0. The number of nitro benzene ring substituents is 1. The second kappa shape index (κ2) is 6.85. The summed E-state index contributed by atoms with van der Waals surface area (Å²) in [6, 6.07) is 13.0. The lowest BCUT2D eigenvalue weighted by atomic mass is 10.1. The third kappa shape index (κ3) is 4.03. The predicted molar refractivity (Wildman–Crippen MR) is 82.3 cm³/mol. The van der Waals surface area contributed by atoms with Gasteiger partial charge in [0.2, 0.25) is 0 Å². The summed E-state index contributed by atoms with van der Waals surface area (Å²) in [5.41, 5.74) is 3.92. The van der Waals surface area contributed by atoms with Crippen molar-refractivity contribution in [3.05, 3.63) is 69.3 Å². The molecular formula is C16H18N2O3. The van der Waals surface area contributed by atoms with E-state index in [1.54, 1.807) is 19.2 Å². The van der Waals surface area contributed by atoms with Crippen molar-refractivity contribution in [1.82, 2.24) is 0 Å². The molecule has 0 aliphatic heterocycles. The summed E-state index contributed by atoms with van der Waals surface area (Å²) >= 11 is 0. The lowest BCUT2D eigenvalue weighted by Gasteiger charge is -2.11. The van der Waals surface area contributed by atoms with Gasteiger partial charge in [-0.05, 0) is 29.7 Å². The third-order valence-electron chi connectivity index (χ3n) is 3.17. The van der Waals surface area contributed by atoms with Crippen LogP contribution in [0.15, 0.2) is 42.5 Å². The van der Waals surface area contributed by atoms with E-state index >= 15 is 0 Å². The van der Waals surface area contributed by atoms with E-state index < -0.39 is 0 Å². The Morgan fingerprint density at radius 3 is 2.57 bits per heavy atom. The Balaban J connectivity index is 2.15. The zero-order valence-electron chi connectivity index (χ0n) is 12.1. The van der Waals surface area contributed by atoms with Crippen LogP contribution in [0, 0.1) is 17.0 Å². The summed E-state index contributed by atoms with van der Waals surface area (Å²) in [4.78, 5) is 10.5. The van der Waals surface area contributed by atoms with Gasteiger partial charge in [0.15, 0.2) is 0 Å². The van der Waals surface area contributed by atoms with Gasteiger partial charge < -0.3 is 10.1 Å². The molecule has 0 radical (unpaired) electrons. The molecule has 1 N–H and O–H groups in total. The molecule has 0 saturated carbocycles. The third-order valence-corrected chi connectivity index (χ3v) is 3.17. The van der Waals surface area contributed by atoms with Gasteiger partial charge in [0, 0.05) is 31.5 Å². The van der Waals surface area contributed by atoms with Crippen molar-refractivity contribution < 1.29 is 9.66 Å². The van der Waals surface area contributed by atoms with Crippen LogP contribution in [0.4, 0.5) is 11.4 Å². The lowest BCUT2D eigenvalue weighted by Crippen LogP contribution is -2.04. The Bertz CT molecular complexity index is 641. The number of methoxy groups -OCH3 is 1. The van der Waals surface area contributed by atoms with Crippen molar-refractivity contribution in [3.63, 3.8) is 0 Å². The summed E-state index contributed by atoms with van der Waals surface area (Å²) in [6.07, 6.45) is 0. The Hall–Kier alpha value is -2.40. The molecule has 2 aromatic rings. The molecule has 0 aromatic heterocycles. The average Bonchev–Trinajstić information content (AvgIpc) is 2.46. The van der Waals surface area contributed by atoms with Gasteiger partial charge in [0.25, 0.3) is 5.69 Å². The summed E-state index contributed by atoms with van der Waals surface area (Å²) in [6.45, 7) is 2.99. The number of hydrogen-bond acceptors (Lipinski definition) is 4. The molecule has 0 fully saturated rings. The molecule has 0 aliphatic carbocycles. The first-order valence-corrected chi connectivity index (χ1v) is 6.66. The quantitative estimate of drug-likeness (QED) is 0.650. The summed E-state index contributed by atoms with van der Waals surface area (Å²) in [5, 5.41) is 14.1. The molecule has 0 amide bonds. The molecule has 0 saturated heterocycles. The molecule has 0 atom stereocenters. The van der Waals surface area contributed by atoms with E-state index in [0.29, 0.717) is 13.2 Å². The molecule has 110 valence electrons. The smallest absolute Gasteiger partial charge is 0.271 e. The van der Waals surface area contributed by atoms with E-state index in [9.17, 15) is 10.1 Å². The molecule has 0 bridgehead atoms. The normalized spacial score (nSPS) is 10.4. The Labute approximate surface area is 123 Å². The molecule has 0 aliphatic rings. The largest absolute Gasteiger partial charge is 0.381 e. The lowest BCUT2D eigenvalue weighted by molar-refractivity contribution is -0.384. The van der Waals surface area contributed by atoms with Crippen molar-refractivity contribution in [3.8, 4) is 0 Å². The van der Waals surface area contributed by atoms with Crippen LogP contribution in [0.5, 0.6) is 0 Å². The maximum absolute atomic E-state index is 10.9. The average molecular weight is 286 g/mol. The van der Waals surface area contributed by atoms with E-state index in [1.165, 1.54) is 0 Å². The number of rotatable bonds is 6. The van der Waals surface area contributed by atoms with Crippen LogP contribution < -0.4 is 5.32 Å². The van der Waals surface area contributed by atoms with Crippen molar-refractivity contribution >= 4 is 11.4 Å². The van der Waals surface area contributed by atoms with Crippen molar-refractivity contribution in [2.45, 2.75) is 20.1 Å². The number of hydrogen-bond donors (Lipinski definition) is 1. The maximum atomic E-state index is 10.9. The minimum absolute atomic E-state index is 0.0997. The van der Waals surface area contributed by atoms with E-state index in [1.807, 2.05) is 37.3 Å². The van der Waals surface area contributed by atoms with E-state index in [-0.39, 0.29) is 10.6 Å². The maximum Gasteiger partial charge on any atom is 0.271 e. The number of ether oxygens (including phenoxy) is 1. The second-order valence-electron chi connectivity index (χ2n) is 4.87. The molecule has 0 unspecified atom stereocenters. The Morgan fingerprint density at radius 2 is 1.90 bits per heavy atom. The van der Waals surface area contributed by atoms with Gasteiger partial charge in [0.05, 0.1) is 11.5 Å². The minimum Gasteiger partial charge on any atom is -0.381 e. The van der Waals surface area contributed by atoms with Gasteiger partial charge in [-0.25, -0.2) is 0 Å². The zero-order valence-corrected chi connectivity index (χ0v) is 12.1. The van der Waals surface area contributed by atoms with Crippen LogP contribution >= 0.6 is 0 Å². The molecule has 21 heavy (non-hydrogen) atoms. The molecule has 0 heterocycles. The van der Waals surface area contributed by atoms with E-state index in [2.05, 4.69) is 5.32 Å². The van der Waals surface area contributed by atoms with Crippen LogP contribution in [0.2, 0.25) is 0 Å². The van der Waals surface area contributed by atoms with Crippen LogP contribution in [0.3, 0.4) is 0 Å². The summed E-state index contributed by atoms with van der Waals surface area (Å²) in [7, 11) is 1.66. The van der Waals surface area contributed by atoms with Crippen LogP contribution in [0.25, 0.3) is 0 Å². The number of nitro groups is 1. The van der Waals surface area contributed by atoms with Gasteiger partial charge in [-0.15, -0.1) is 0 Å². The highest BCUT2D eigenvalue weighted by molar-refractivity contribution is 5.54. The molecule has 0 spiro atoms. The number of benzene rings is 2. The van der Waals surface area contributed by atoms with Crippen molar-refractivity contribution in [1.29, 1.82) is 0 Å². The number of aryl methyl sites for hydroxylation is 1. The van der Waals surface area contributed by atoms with Gasteiger partial charge in [-0.2, -0.15) is 0 Å². The van der Waals surface area contributed by atoms with Gasteiger partial charge in [-0.1, -0.05) is 24.3 Å². The minimum atomic E-state index is -0.378. The predicted octanol–water partition coefficient (Wildman–Crippen LogP) is 3.66. The summed E-state index contributed by atoms with van der Waals surface area (Å²) in [5.74, 6) is 0. The van der Waals surface area contributed by atoms with Gasteiger partial charge in [-0.3, -0.25) is 10.1 Å². The van der Waals surface area contributed by atoms with Crippen LogP contribution in [-0.4, -0.2) is 12.0 Å². The number of nitrogens with one attached hydrogen (secondary N) is 1. The highest BCUT2D eigenvalue weighted by Crippen LogP contribution is 2.21. The fourth-order valence-electron chi connectivity index (χ4n) is 2.19. The molecular weight excluding hydrogens is 268 g/mol. The first-order chi connectivity index (χ1) is 10.1. The topological polar surface area (TPSA) is 64.4 Å². The second-order valence-corrected chi connectivity index (χ2v) is 4.87. The molecule has 2 aromatic carbocycles. The zero-order chi connectivity index (χ0) is 15.2. The number of non-ortho nitro benzene ring substituents is 1. The highest BCUT2D eigenvalue weighted by Gasteiger charge is 2.08. The fraction of sp³-hybridized carbons (Fsp3) is 0.250. The van der Waals surface area contributed by atoms with Crippen LogP contribution in [0.1, 0.15) is 16.7 Å². The number of nitrogens with zero attached hydrogens (tertiary/aromatic N) is 1. The monoisotopic (exact) mass is 286 g/mol. The van der Waals surface area contributed by atoms with Gasteiger partial charge in [0.1, 0.15) is 0 Å². The molecule has 5 nitrogen and oxygen atoms in total. The van der Waals surface area contributed by atoms with Crippen LogP contribution in [-0.2, 0) is 17.9 Å². The number of anilines is 1. The summed E-state index contributed by atoms with van der Waals surface area (Å²) < 4.78 is 5.17. The Morgan fingerprint density at radius 1 is 1.19 bits per heavy atom. The van der Waals surface area contributed by atoms with Crippen molar-refractivity contribution in [2.24, 2.45) is 0 Å². The Kier molecular flexibility index (Phi) is 4.90. The SMILES string of the molecule is COCc1ccccc1CNc1cc(C)cc([N+](=O)[O-])c1. The van der Waals surface area contributed by atoms with Crippen molar-refractivity contribution in [2.75, 3.05) is 12.4 Å². The van der Waals surface area contributed by atoms with E-state index in [4.69, 9.17) is 4.74 Å². The standard InChI is InChI=1S/C16H18N2O3/c1-12-7-15(9-16(8-12)18(19)20)17-10-13-5-3-4-6-14(13)11-21-2/h3-9,17H,10-11H2,1-2H3. The molecule has 2 rings (SSSR count). The highest BCUT2D eigenvalue weighted by atomic mass is 16.6.